The molecule has 0 aliphatic carbocycles. The first-order chi connectivity index (χ1) is 11.4. The van der Waals surface area contributed by atoms with Gasteiger partial charge >= 0.3 is 5.97 Å². The van der Waals surface area contributed by atoms with Gasteiger partial charge in [-0.1, -0.05) is 29.3 Å². The topological polar surface area (TPSA) is 64.4 Å². The second-order valence-corrected chi connectivity index (χ2v) is 5.98. The Morgan fingerprint density at radius 2 is 2.00 bits per heavy atom. The van der Waals surface area contributed by atoms with Crippen LogP contribution in [0.2, 0.25) is 10.0 Å². The van der Waals surface area contributed by atoms with E-state index < -0.39 is 5.97 Å². The monoisotopic (exact) mass is 368 g/mol. The molecule has 128 valence electrons. The summed E-state index contributed by atoms with van der Waals surface area (Å²) in [5.74, 6) is -0.509. The van der Waals surface area contributed by atoms with Crippen molar-refractivity contribution in [1.82, 2.24) is 9.78 Å². The maximum atomic E-state index is 11.5. The summed E-state index contributed by atoms with van der Waals surface area (Å²) in [6, 6.07) is 5.36. The Bertz CT molecular complexity index is 749. The summed E-state index contributed by atoms with van der Waals surface area (Å²) in [6.45, 7) is 3.98. The molecule has 7 heteroatoms. The van der Waals surface area contributed by atoms with E-state index in [4.69, 9.17) is 33.0 Å². The Morgan fingerprint density at radius 3 is 2.62 bits per heavy atom. The van der Waals surface area contributed by atoms with Gasteiger partial charge in [-0.15, -0.1) is 0 Å². The zero-order valence-corrected chi connectivity index (χ0v) is 14.9. The van der Waals surface area contributed by atoms with Crippen LogP contribution in [0, 0.1) is 13.8 Å². The van der Waals surface area contributed by atoms with Gasteiger partial charge < -0.3 is 9.84 Å². The molecule has 2 aromatic rings. The molecule has 0 fully saturated rings. The van der Waals surface area contributed by atoms with Crippen molar-refractivity contribution in [3.8, 4) is 0 Å². The third kappa shape index (κ3) is 4.38. The molecule has 0 unspecified atom stereocenters. The largest absolute Gasteiger partial charge is 0.460 e. The van der Waals surface area contributed by atoms with Crippen LogP contribution < -0.4 is 0 Å². The third-order valence-corrected chi connectivity index (χ3v) is 4.24. The number of nitrogens with zero attached hydrogens (tertiary/aromatic N) is 2. The summed E-state index contributed by atoms with van der Waals surface area (Å²) in [5, 5.41) is 14.3. The number of carbonyl (C=O) groups is 1. The van der Waals surface area contributed by atoms with Gasteiger partial charge in [-0.05, 0) is 32.1 Å². The molecule has 1 heterocycles. The number of aliphatic hydroxyl groups is 1. The standard InChI is InChI=1S/C17H18Cl2N2O3/c1-11-13(6-7-17(23)24-9-8-22)12(2)21(20-11)10-14-15(18)4-3-5-16(14)19/h3-7,22H,8-10H2,1-2H3/b7-6+. The summed E-state index contributed by atoms with van der Waals surface area (Å²) in [7, 11) is 0. The molecule has 2 rings (SSSR count). The molecule has 0 amide bonds. The minimum Gasteiger partial charge on any atom is -0.460 e. The van der Waals surface area contributed by atoms with Gasteiger partial charge in [0.05, 0.1) is 18.8 Å². The number of halogens is 2. The highest BCUT2D eigenvalue weighted by Crippen LogP contribution is 2.26. The Hall–Kier alpha value is -1.82. The number of esters is 1. The van der Waals surface area contributed by atoms with Crippen LogP contribution in [0.4, 0.5) is 0 Å². The third-order valence-electron chi connectivity index (χ3n) is 3.53. The fraction of sp³-hybridized carbons (Fsp3) is 0.294. The van der Waals surface area contributed by atoms with Crippen molar-refractivity contribution in [2.75, 3.05) is 13.2 Å². The average Bonchev–Trinajstić information content (AvgIpc) is 2.81. The van der Waals surface area contributed by atoms with Crippen LogP contribution in [0.3, 0.4) is 0 Å². The van der Waals surface area contributed by atoms with Crippen LogP contribution in [0.25, 0.3) is 6.08 Å². The molecule has 5 nitrogen and oxygen atoms in total. The van der Waals surface area contributed by atoms with Crippen molar-refractivity contribution in [2.45, 2.75) is 20.4 Å². The van der Waals surface area contributed by atoms with Gasteiger partial charge in [-0.25, -0.2) is 4.79 Å². The number of ether oxygens (including phenoxy) is 1. The van der Waals surface area contributed by atoms with Gasteiger partial charge in [0, 0.05) is 32.9 Å². The van der Waals surface area contributed by atoms with Gasteiger partial charge in [0.15, 0.2) is 0 Å². The van der Waals surface area contributed by atoms with E-state index in [0.717, 1.165) is 22.5 Å². The van der Waals surface area contributed by atoms with Gasteiger partial charge in [-0.2, -0.15) is 5.10 Å². The number of hydrogen-bond acceptors (Lipinski definition) is 4. The van der Waals surface area contributed by atoms with Crippen LogP contribution in [-0.2, 0) is 16.1 Å². The highest BCUT2D eigenvalue weighted by atomic mass is 35.5. The van der Waals surface area contributed by atoms with Crippen molar-refractivity contribution in [3.05, 3.63) is 56.8 Å². The van der Waals surface area contributed by atoms with Crippen molar-refractivity contribution in [1.29, 1.82) is 0 Å². The lowest BCUT2D eigenvalue weighted by Crippen LogP contribution is -2.05. The molecule has 0 radical (unpaired) electrons. The van der Waals surface area contributed by atoms with Crippen molar-refractivity contribution in [2.24, 2.45) is 0 Å². The predicted octanol–water partition coefficient (Wildman–Crippen LogP) is 3.40. The number of aryl methyl sites for hydroxylation is 1. The van der Waals surface area contributed by atoms with Gasteiger partial charge in [-0.3, -0.25) is 4.68 Å². The van der Waals surface area contributed by atoms with E-state index in [9.17, 15) is 4.79 Å². The molecule has 0 aliphatic rings. The molecule has 0 atom stereocenters. The quantitative estimate of drug-likeness (QED) is 0.626. The molecule has 1 aromatic heterocycles. The Balaban J connectivity index is 2.23. The minimum absolute atomic E-state index is 0.0224. The number of aliphatic hydroxyl groups excluding tert-OH is 1. The molecule has 0 bridgehead atoms. The Labute approximate surface area is 150 Å². The van der Waals surface area contributed by atoms with E-state index in [2.05, 4.69) is 5.10 Å². The van der Waals surface area contributed by atoms with E-state index in [1.807, 2.05) is 13.8 Å². The van der Waals surface area contributed by atoms with E-state index in [-0.39, 0.29) is 13.2 Å². The lowest BCUT2D eigenvalue weighted by Gasteiger charge is -2.09. The molecule has 0 saturated heterocycles. The fourth-order valence-electron chi connectivity index (χ4n) is 2.28. The molecule has 0 saturated carbocycles. The van der Waals surface area contributed by atoms with E-state index in [0.29, 0.717) is 16.6 Å². The maximum absolute atomic E-state index is 11.5. The second-order valence-electron chi connectivity index (χ2n) is 5.17. The normalized spacial score (nSPS) is 11.2. The number of aromatic nitrogens is 2. The smallest absolute Gasteiger partial charge is 0.330 e. The summed E-state index contributed by atoms with van der Waals surface area (Å²) in [5.41, 5.74) is 3.29. The van der Waals surface area contributed by atoms with Crippen LogP contribution in [-0.4, -0.2) is 34.1 Å². The lowest BCUT2D eigenvalue weighted by atomic mass is 10.1. The van der Waals surface area contributed by atoms with Gasteiger partial charge in [0.2, 0.25) is 0 Å². The minimum atomic E-state index is -0.509. The lowest BCUT2D eigenvalue weighted by molar-refractivity contribution is -0.138. The Morgan fingerprint density at radius 1 is 1.33 bits per heavy atom. The molecule has 0 spiro atoms. The first kappa shape index (κ1) is 18.5. The van der Waals surface area contributed by atoms with Gasteiger partial charge in [0.1, 0.15) is 6.61 Å². The van der Waals surface area contributed by atoms with Crippen LogP contribution in [0.5, 0.6) is 0 Å². The zero-order valence-electron chi connectivity index (χ0n) is 13.4. The van der Waals surface area contributed by atoms with Crippen molar-refractivity contribution >= 4 is 35.2 Å². The van der Waals surface area contributed by atoms with E-state index >= 15 is 0 Å². The molecular formula is C17H18Cl2N2O3. The molecule has 24 heavy (non-hydrogen) atoms. The summed E-state index contributed by atoms with van der Waals surface area (Å²) >= 11 is 12.4. The van der Waals surface area contributed by atoms with Crippen LogP contribution in [0.15, 0.2) is 24.3 Å². The molecule has 1 N–H and O–H groups in total. The van der Waals surface area contributed by atoms with Crippen molar-refractivity contribution in [3.63, 3.8) is 0 Å². The Kier molecular flexibility index (Phi) is 6.43. The first-order valence-corrected chi connectivity index (χ1v) is 8.12. The SMILES string of the molecule is Cc1nn(Cc2c(Cl)cccc2Cl)c(C)c1/C=C/C(=O)OCCO. The summed E-state index contributed by atoms with van der Waals surface area (Å²) in [4.78, 5) is 11.5. The predicted molar refractivity (Wildman–Crippen MR) is 94.3 cm³/mol. The summed E-state index contributed by atoms with van der Waals surface area (Å²) in [6.07, 6.45) is 2.97. The highest BCUT2D eigenvalue weighted by molar-refractivity contribution is 6.35. The highest BCUT2D eigenvalue weighted by Gasteiger charge is 2.13. The summed E-state index contributed by atoms with van der Waals surface area (Å²) < 4.78 is 6.58. The average molecular weight is 369 g/mol. The van der Waals surface area contributed by atoms with Crippen LogP contribution >= 0.6 is 23.2 Å². The van der Waals surface area contributed by atoms with E-state index in [1.54, 1.807) is 29.0 Å². The fourth-order valence-corrected chi connectivity index (χ4v) is 2.80. The van der Waals surface area contributed by atoms with Crippen LogP contribution in [0.1, 0.15) is 22.5 Å². The molecular weight excluding hydrogens is 351 g/mol. The maximum Gasteiger partial charge on any atom is 0.330 e. The number of carbonyl (C=O) groups excluding carboxylic acids is 1. The first-order valence-electron chi connectivity index (χ1n) is 7.36. The number of rotatable bonds is 6. The second kappa shape index (κ2) is 8.33. The van der Waals surface area contributed by atoms with Crippen molar-refractivity contribution < 1.29 is 14.6 Å². The van der Waals surface area contributed by atoms with Gasteiger partial charge in [0.25, 0.3) is 0 Å². The number of benzene rings is 1. The zero-order chi connectivity index (χ0) is 17.7. The molecule has 0 aliphatic heterocycles. The molecule has 1 aromatic carbocycles. The van der Waals surface area contributed by atoms with E-state index in [1.165, 1.54) is 6.08 Å². The number of hydrogen-bond donors (Lipinski definition) is 1.